The van der Waals surface area contributed by atoms with Gasteiger partial charge in [-0.25, -0.2) is 0 Å². The summed E-state index contributed by atoms with van der Waals surface area (Å²) in [4.78, 5) is 14.2. The van der Waals surface area contributed by atoms with Crippen LogP contribution < -0.4 is 5.73 Å². The number of rotatable bonds is 3. The molecule has 0 saturated carbocycles. The predicted octanol–water partition coefficient (Wildman–Crippen LogP) is 1.53. The summed E-state index contributed by atoms with van der Waals surface area (Å²) in [6.07, 6.45) is 6.17. The number of carbonyl (C=O) groups is 1. The molecule has 0 aromatic rings. The Morgan fingerprint density at radius 1 is 1.39 bits per heavy atom. The van der Waals surface area contributed by atoms with Gasteiger partial charge in [0.2, 0.25) is 5.91 Å². The Kier molecular flexibility index (Phi) is 4.62. The molecule has 2 N–H and O–H groups in total. The molecule has 0 aliphatic carbocycles. The van der Waals surface area contributed by atoms with Gasteiger partial charge in [0.05, 0.1) is 12.5 Å². The van der Waals surface area contributed by atoms with Gasteiger partial charge >= 0.3 is 0 Å². The molecule has 18 heavy (non-hydrogen) atoms. The zero-order valence-electron chi connectivity index (χ0n) is 11.5. The van der Waals surface area contributed by atoms with Gasteiger partial charge in [-0.2, -0.15) is 0 Å². The van der Waals surface area contributed by atoms with Gasteiger partial charge in [-0.05, 0) is 44.1 Å². The molecule has 2 aliphatic heterocycles. The molecule has 0 bridgehead atoms. The van der Waals surface area contributed by atoms with E-state index in [4.69, 9.17) is 10.5 Å². The molecular formula is C14H26N2O2. The van der Waals surface area contributed by atoms with Crippen molar-refractivity contribution in [3.05, 3.63) is 0 Å². The third kappa shape index (κ3) is 3.45. The normalized spacial score (nSPS) is 28.1. The van der Waals surface area contributed by atoms with Gasteiger partial charge in [-0.1, -0.05) is 6.92 Å². The first-order valence-electron chi connectivity index (χ1n) is 7.22. The van der Waals surface area contributed by atoms with Crippen LogP contribution in [0.4, 0.5) is 0 Å². The lowest BCUT2D eigenvalue weighted by atomic mass is 9.80. The molecule has 104 valence electrons. The molecule has 0 spiro atoms. The van der Waals surface area contributed by atoms with Crippen molar-refractivity contribution in [2.75, 3.05) is 26.2 Å². The highest BCUT2D eigenvalue weighted by Crippen LogP contribution is 2.30. The second kappa shape index (κ2) is 6.02. The van der Waals surface area contributed by atoms with Gasteiger partial charge < -0.3 is 15.4 Å². The standard InChI is InChI=1S/C14H26N2O2/c1-14(11-15)5-7-16(8-6-14)13(17)10-12-4-2-3-9-18-12/h12H,2-11,15H2,1H3. The van der Waals surface area contributed by atoms with Gasteiger partial charge in [0, 0.05) is 19.7 Å². The average Bonchev–Trinajstić information content (AvgIpc) is 2.40. The van der Waals surface area contributed by atoms with Crippen molar-refractivity contribution < 1.29 is 9.53 Å². The smallest absolute Gasteiger partial charge is 0.225 e. The third-order valence-corrected chi connectivity index (χ3v) is 4.49. The molecule has 1 atom stereocenters. The molecule has 0 radical (unpaired) electrons. The van der Waals surface area contributed by atoms with Crippen molar-refractivity contribution in [2.24, 2.45) is 11.1 Å². The highest BCUT2D eigenvalue weighted by atomic mass is 16.5. The summed E-state index contributed by atoms with van der Waals surface area (Å²) in [6, 6.07) is 0. The molecule has 1 unspecified atom stereocenters. The number of nitrogens with zero attached hydrogens (tertiary/aromatic N) is 1. The van der Waals surface area contributed by atoms with E-state index in [-0.39, 0.29) is 17.4 Å². The molecule has 2 fully saturated rings. The van der Waals surface area contributed by atoms with E-state index < -0.39 is 0 Å². The number of nitrogens with two attached hydrogens (primary N) is 1. The molecule has 2 aliphatic rings. The molecule has 2 rings (SSSR count). The van der Waals surface area contributed by atoms with Crippen LogP contribution >= 0.6 is 0 Å². The topological polar surface area (TPSA) is 55.6 Å². The van der Waals surface area contributed by atoms with E-state index >= 15 is 0 Å². The average molecular weight is 254 g/mol. The van der Waals surface area contributed by atoms with Gasteiger partial charge in [0.15, 0.2) is 0 Å². The van der Waals surface area contributed by atoms with Gasteiger partial charge in [-0.15, -0.1) is 0 Å². The number of carbonyl (C=O) groups excluding carboxylic acids is 1. The van der Waals surface area contributed by atoms with Crippen molar-refractivity contribution >= 4 is 5.91 Å². The number of hydrogen-bond donors (Lipinski definition) is 1. The van der Waals surface area contributed by atoms with E-state index in [0.29, 0.717) is 6.42 Å². The molecule has 2 saturated heterocycles. The summed E-state index contributed by atoms with van der Waals surface area (Å²) in [5.74, 6) is 0.265. The highest BCUT2D eigenvalue weighted by Gasteiger charge is 2.31. The van der Waals surface area contributed by atoms with Crippen LogP contribution in [0, 0.1) is 5.41 Å². The molecule has 2 heterocycles. The molecule has 0 aromatic carbocycles. The first-order chi connectivity index (χ1) is 8.63. The third-order valence-electron chi connectivity index (χ3n) is 4.49. The Morgan fingerprint density at radius 3 is 2.67 bits per heavy atom. The Hall–Kier alpha value is -0.610. The van der Waals surface area contributed by atoms with Gasteiger partial charge in [-0.3, -0.25) is 4.79 Å². The van der Waals surface area contributed by atoms with Crippen LogP contribution in [0.2, 0.25) is 0 Å². The summed E-state index contributed by atoms with van der Waals surface area (Å²) in [5, 5.41) is 0. The maximum Gasteiger partial charge on any atom is 0.225 e. The molecule has 4 heteroatoms. The van der Waals surface area contributed by atoms with E-state index in [1.165, 1.54) is 6.42 Å². The van der Waals surface area contributed by atoms with Gasteiger partial charge in [0.1, 0.15) is 0 Å². The number of hydrogen-bond acceptors (Lipinski definition) is 3. The van der Waals surface area contributed by atoms with Crippen LogP contribution in [0.5, 0.6) is 0 Å². The van der Waals surface area contributed by atoms with E-state index in [1.54, 1.807) is 0 Å². The van der Waals surface area contributed by atoms with E-state index in [0.717, 1.165) is 51.9 Å². The number of likely N-dealkylation sites (tertiary alicyclic amines) is 1. The van der Waals surface area contributed by atoms with E-state index in [9.17, 15) is 4.79 Å². The zero-order chi connectivity index (χ0) is 13.0. The lowest BCUT2D eigenvalue weighted by Crippen LogP contribution is -2.45. The van der Waals surface area contributed by atoms with Crippen LogP contribution in [0.3, 0.4) is 0 Å². The minimum Gasteiger partial charge on any atom is -0.378 e. The largest absolute Gasteiger partial charge is 0.378 e. The summed E-state index contributed by atoms with van der Waals surface area (Å²) in [5.41, 5.74) is 6.02. The maximum absolute atomic E-state index is 12.2. The summed E-state index contributed by atoms with van der Waals surface area (Å²) in [6.45, 7) is 5.49. The molecule has 0 aromatic heterocycles. The van der Waals surface area contributed by atoms with Crippen LogP contribution in [-0.2, 0) is 9.53 Å². The fraction of sp³-hybridized carbons (Fsp3) is 0.929. The fourth-order valence-corrected chi connectivity index (χ4v) is 2.79. The SMILES string of the molecule is CC1(CN)CCN(C(=O)CC2CCCCO2)CC1. The molecule has 1 amide bonds. The fourth-order valence-electron chi connectivity index (χ4n) is 2.79. The van der Waals surface area contributed by atoms with Gasteiger partial charge in [0.25, 0.3) is 0 Å². The second-order valence-corrected chi connectivity index (χ2v) is 6.09. The number of amides is 1. The van der Waals surface area contributed by atoms with Crippen LogP contribution in [0.15, 0.2) is 0 Å². The first kappa shape index (κ1) is 13.8. The first-order valence-corrected chi connectivity index (χ1v) is 7.22. The highest BCUT2D eigenvalue weighted by molar-refractivity contribution is 5.76. The lowest BCUT2D eigenvalue weighted by Gasteiger charge is -2.39. The Labute approximate surface area is 110 Å². The van der Waals surface area contributed by atoms with E-state index in [2.05, 4.69) is 6.92 Å². The van der Waals surface area contributed by atoms with Crippen LogP contribution in [0.25, 0.3) is 0 Å². The summed E-state index contributed by atoms with van der Waals surface area (Å²) in [7, 11) is 0. The Morgan fingerprint density at radius 2 is 2.11 bits per heavy atom. The monoisotopic (exact) mass is 254 g/mol. The predicted molar refractivity (Wildman–Crippen MR) is 71.2 cm³/mol. The van der Waals surface area contributed by atoms with Crippen molar-refractivity contribution in [3.63, 3.8) is 0 Å². The quantitative estimate of drug-likeness (QED) is 0.831. The van der Waals surface area contributed by atoms with Crippen LogP contribution in [0.1, 0.15) is 45.4 Å². The van der Waals surface area contributed by atoms with E-state index in [1.807, 2.05) is 4.90 Å². The van der Waals surface area contributed by atoms with Crippen LogP contribution in [-0.4, -0.2) is 43.2 Å². The minimum absolute atomic E-state index is 0.161. The minimum atomic E-state index is 0.161. The van der Waals surface area contributed by atoms with Crippen molar-refractivity contribution in [2.45, 2.75) is 51.6 Å². The summed E-state index contributed by atoms with van der Waals surface area (Å²) < 4.78 is 5.63. The second-order valence-electron chi connectivity index (χ2n) is 6.09. The van der Waals surface area contributed by atoms with Crippen molar-refractivity contribution in [1.82, 2.24) is 4.90 Å². The lowest BCUT2D eigenvalue weighted by molar-refractivity contribution is -0.137. The van der Waals surface area contributed by atoms with Crippen molar-refractivity contribution in [3.8, 4) is 0 Å². The Balaban J connectivity index is 1.76. The Bertz CT molecular complexity index is 280. The van der Waals surface area contributed by atoms with Crippen molar-refractivity contribution in [1.29, 1.82) is 0 Å². The molecule has 4 nitrogen and oxygen atoms in total. The zero-order valence-corrected chi connectivity index (χ0v) is 11.5. The maximum atomic E-state index is 12.2. The summed E-state index contributed by atoms with van der Waals surface area (Å²) >= 11 is 0. The molecular weight excluding hydrogens is 228 g/mol. The number of ether oxygens (including phenoxy) is 1. The number of piperidine rings is 1.